The molecule has 6 heteroatoms. The van der Waals surface area contributed by atoms with E-state index in [-0.39, 0.29) is 17.2 Å². The molecule has 2 heterocycles. The van der Waals surface area contributed by atoms with Crippen molar-refractivity contribution >= 4 is 44.4 Å². The van der Waals surface area contributed by atoms with Crippen molar-refractivity contribution in [2.75, 3.05) is 0 Å². The summed E-state index contributed by atoms with van der Waals surface area (Å²) in [5.74, 6) is -0.0366. The van der Waals surface area contributed by atoms with E-state index >= 15 is 0 Å². The first kappa shape index (κ1) is 11.8. The van der Waals surface area contributed by atoms with Crippen LogP contribution in [-0.2, 0) is 6.54 Å². The van der Waals surface area contributed by atoms with Crippen molar-refractivity contribution in [2.45, 2.75) is 13.5 Å². The van der Waals surface area contributed by atoms with E-state index in [1.54, 1.807) is 5.38 Å². The maximum atomic E-state index is 11.9. The molecule has 16 heavy (non-hydrogen) atoms. The van der Waals surface area contributed by atoms with Gasteiger partial charge in [-0.1, -0.05) is 11.3 Å². The number of rotatable bonds is 3. The molecule has 0 aromatic carbocycles. The lowest BCUT2D eigenvalue weighted by molar-refractivity contribution is 0.0974. The highest BCUT2D eigenvalue weighted by Crippen LogP contribution is 2.23. The maximum absolute atomic E-state index is 11.9. The van der Waals surface area contributed by atoms with E-state index in [1.165, 1.54) is 15.9 Å². The highest BCUT2D eigenvalue weighted by Gasteiger charge is 2.14. The molecule has 0 radical (unpaired) electrons. The van der Waals surface area contributed by atoms with Gasteiger partial charge in [0, 0.05) is 15.5 Å². The summed E-state index contributed by atoms with van der Waals surface area (Å²) in [6.07, 6.45) is 0. The first-order chi connectivity index (χ1) is 7.59. The van der Waals surface area contributed by atoms with Crippen molar-refractivity contribution in [3.63, 3.8) is 0 Å². The smallest absolute Gasteiger partial charge is 0.296 e. The van der Waals surface area contributed by atoms with Crippen LogP contribution in [-0.4, -0.2) is 10.4 Å². The van der Waals surface area contributed by atoms with Crippen LogP contribution in [0.4, 0.5) is 0 Å². The Labute approximate surface area is 108 Å². The van der Waals surface area contributed by atoms with E-state index < -0.39 is 0 Å². The molecule has 0 aliphatic carbocycles. The third-order valence-corrected chi connectivity index (χ3v) is 4.91. The summed E-state index contributed by atoms with van der Waals surface area (Å²) in [7, 11) is 0. The second-order valence-corrected chi connectivity index (χ2v) is 5.84. The second kappa shape index (κ2) is 4.65. The average Bonchev–Trinajstić information content (AvgIpc) is 2.79. The average molecular weight is 318 g/mol. The van der Waals surface area contributed by atoms with Crippen LogP contribution in [0, 0.1) is 6.92 Å². The summed E-state index contributed by atoms with van der Waals surface area (Å²) in [5, 5.41) is 3.61. The van der Waals surface area contributed by atoms with Crippen LogP contribution in [0.5, 0.6) is 0 Å². The number of thiophene rings is 1. The fourth-order valence-corrected chi connectivity index (χ4v) is 3.56. The van der Waals surface area contributed by atoms with Crippen molar-refractivity contribution < 1.29 is 4.79 Å². The SMILES string of the molecule is Cc1csc(=O)n1CC(=O)c1sccc1Br. The largest absolute Gasteiger partial charge is 0.307 e. The highest BCUT2D eigenvalue weighted by atomic mass is 79.9. The van der Waals surface area contributed by atoms with Gasteiger partial charge in [-0.15, -0.1) is 11.3 Å². The summed E-state index contributed by atoms with van der Waals surface area (Å²) in [6.45, 7) is 1.95. The number of aryl methyl sites for hydroxylation is 1. The normalized spacial score (nSPS) is 10.6. The molecule has 0 atom stereocenters. The van der Waals surface area contributed by atoms with E-state index in [0.29, 0.717) is 4.88 Å². The molecule has 0 saturated carbocycles. The number of carbonyl (C=O) groups excluding carboxylic acids is 1. The monoisotopic (exact) mass is 317 g/mol. The molecule has 0 N–H and O–H groups in total. The fourth-order valence-electron chi connectivity index (χ4n) is 1.30. The number of aromatic nitrogens is 1. The molecular formula is C10H8BrNO2S2. The molecule has 0 saturated heterocycles. The molecule has 3 nitrogen and oxygen atoms in total. The highest BCUT2D eigenvalue weighted by molar-refractivity contribution is 9.10. The van der Waals surface area contributed by atoms with E-state index in [9.17, 15) is 9.59 Å². The van der Waals surface area contributed by atoms with Crippen LogP contribution in [0.15, 0.2) is 26.1 Å². The van der Waals surface area contributed by atoms with Gasteiger partial charge in [-0.3, -0.25) is 14.2 Å². The van der Waals surface area contributed by atoms with Gasteiger partial charge in [0.05, 0.1) is 11.4 Å². The first-order valence-electron chi connectivity index (χ1n) is 4.50. The van der Waals surface area contributed by atoms with Gasteiger partial charge in [0.1, 0.15) is 0 Å². The number of hydrogen-bond donors (Lipinski definition) is 0. The third-order valence-electron chi connectivity index (χ3n) is 2.15. The lowest BCUT2D eigenvalue weighted by Gasteiger charge is -2.02. The Morgan fingerprint density at radius 1 is 1.50 bits per heavy atom. The molecule has 0 fully saturated rings. The van der Waals surface area contributed by atoms with Gasteiger partial charge in [-0.2, -0.15) is 0 Å². The molecule has 0 bridgehead atoms. The second-order valence-electron chi connectivity index (χ2n) is 3.25. The Balaban J connectivity index is 2.27. The predicted octanol–water partition coefficient (Wildman–Crippen LogP) is 2.93. The lowest BCUT2D eigenvalue weighted by Crippen LogP contribution is -2.20. The van der Waals surface area contributed by atoms with Crippen molar-refractivity contribution in [3.8, 4) is 0 Å². The fraction of sp³-hybridized carbons (Fsp3) is 0.200. The summed E-state index contributed by atoms with van der Waals surface area (Å²) in [4.78, 5) is 24.0. The predicted molar refractivity (Wildman–Crippen MR) is 69.7 cm³/mol. The van der Waals surface area contributed by atoms with Gasteiger partial charge in [-0.05, 0) is 34.3 Å². The number of ketones is 1. The van der Waals surface area contributed by atoms with E-state index in [0.717, 1.165) is 21.5 Å². The molecule has 84 valence electrons. The molecule has 0 amide bonds. The lowest BCUT2D eigenvalue weighted by atomic mass is 10.3. The van der Waals surface area contributed by atoms with Crippen molar-refractivity contribution in [3.05, 3.63) is 41.5 Å². The van der Waals surface area contributed by atoms with Crippen LogP contribution >= 0.6 is 38.6 Å². The number of nitrogens with zero attached hydrogens (tertiary/aromatic N) is 1. The quantitative estimate of drug-likeness (QED) is 0.816. The van der Waals surface area contributed by atoms with Gasteiger partial charge in [0.15, 0.2) is 5.78 Å². The van der Waals surface area contributed by atoms with Gasteiger partial charge in [-0.25, -0.2) is 0 Å². The summed E-state index contributed by atoms with van der Waals surface area (Å²) in [6, 6.07) is 1.83. The Kier molecular flexibility index (Phi) is 3.41. The minimum absolute atomic E-state index is 0.0366. The molecule has 0 aliphatic rings. The summed E-state index contributed by atoms with van der Waals surface area (Å²) in [5.41, 5.74) is 0.830. The van der Waals surface area contributed by atoms with E-state index in [1.807, 2.05) is 18.4 Å². The minimum Gasteiger partial charge on any atom is -0.296 e. The maximum Gasteiger partial charge on any atom is 0.307 e. The molecular weight excluding hydrogens is 310 g/mol. The van der Waals surface area contributed by atoms with Crippen LogP contribution in [0.25, 0.3) is 0 Å². The van der Waals surface area contributed by atoms with Crippen LogP contribution in [0.3, 0.4) is 0 Å². The molecule has 0 spiro atoms. The Hall–Kier alpha value is -0.720. The number of halogens is 1. The zero-order valence-corrected chi connectivity index (χ0v) is 11.6. The third kappa shape index (κ3) is 2.18. The number of carbonyl (C=O) groups is 1. The first-order valence-corrected chi connectivity index (χ1v) is 7.06. The van der Waals surface area contributed by atoms with Gasteiger partial charge < -0.3 is 0 Å². The van der Waals surface area contributed by atoms with E-state index in [4.69, 9.17) is 0 Å². The van der Waals surface area contributed by atoms with Gasteiger partial charge >= 0.3 is 4.87 Å². The van der Waals surface area contributed by atoms with Gasteiger partial charge in [0.25, 0.3) is 0 Å². The molecule has 2 rings (SSSR count). The zero-order chi connectivity index (χ0) is 11.7. The Bertz CT molecular complexity index is 582. The number of hydrogen-bond acceptors (Lipinski definition) is 4. The standard InChI is InChI=1S/C10H8BrNO2S2/c1-6-5-16-10(14)12(6)4-8(13)9-7(11)2-3-15-9/h2-3,5H,4H2,1H3. The van der Waals surface area contributed by atoms with Crippen LogP contribution < -0.4 is 4.87 Å². The number of thiazole rings is 1. The summed E-state index contributed by atoms with van der Waals surface area (Å²) < 4.78 is 2.29. The van der Waals surface area contributed by atoms with Crippen LogP contribution in [0.2, 0.25) is 0 Å². The molecule has 2 aromatic heterocycles. The Morgan fingerprint density at radius 2 is 2.25 bits per heavy atom. The minimum atomic E-state index is -0.0847. The van der Waals surface area contributed by atoms with Crippen molar-refractivity contribution in [1.29, 1.82) is 0 Å². The molecule has 2 aromatic rings. The zero-order valence-electron chi connectivity index (χ0n) is 8.40. The molecule has 0 aliphatic heterocycles. The topological polar surface area (TPSA) is 39.1 Å². The van der Waals surface area contributed by atoms with Gasteiger partial charge in [0.2, 0.25) is 0 Å². The number of Topliss-reactive ketones (excluding diaryl/α,β-unsaturated/α-hetero) is 1. The Morgan fingerprint density at radius 3 is 2.75 bits per heavy atom. The van der Waals surface area contributed by atoms with Crippen molar-refractivity contribution in [2.24, 2.45) is 0 Å². The van der Waals surface area contributed by atoms with Crippen molar-refractivity contribution in [1.82, 2.24) is 4.57 Å². The molecule has 0 unspecified atom stereocenters. The van der Waals surface area contributed by atoms with E-state index in [2.05, 4.69) is 15.9 Å². The van der Waals surface area contributed by atoms with Crippen LogP contribution in [0.1, 0.15) is 15.4 Å². The summed E-state index contributed by atoms with van der Waals surface area (Å²) >= 11 is 5.82.